The number of likely N-dealkylation sites (tertiary alicyclic amines) is 1. The Labute approximate surface area is 321 Å². The van der Waals surface area contributed by atoms with Crippen LogP contribution in [0.1, 0.15) is 56.4 Å². The molecule has 18 heteroatoms. The first-order chi connectivity index (χ1) is 26.7. The van der Waals surface area contributed by atoms with Gasteiger partial charge in [-0.2, -0.15) is 38.2 Å². The number of benzene rings is 2. The first-order valence-electron chi connectivity index (χ1n) is 18.3. The molecule has 3 aromatic heterocycles. The van der Waals surface area contributed by atoms with Crippen LogP contribution < -0.4 is 15.4 Å². The van der Waals surface area contributed by atoms with Crippen molar-refractivity contribution in [2.24, 2.45) is 0 Å². The van der Waals surface area contributed by atoms with Crippen LogP contribution in [0.15, 0.2) is 30.5 Å². The van der Waals surface area contributed by atoms with Gasteiger partial charge in [0.15, 0.2) is 5.82 Å². The number of nitrogens with zero attached hydrogens (tertiary/aromatic N) is 8. The molecule has 0 spiro atoms. The molecule has 0 aliphatic carbocycles. The lowest BCUT2D eigenvalue weighted by atomic mass is 9.92. The lowest BCUT2D eigenvalue weighted by Crippen LogP contribution is -2.47. The first kappa shape index (κ1) is 37.8. The largest absolute Gasteiger partial charge is 0.461 e. The Morgan fingerprint density at radius 3 is 2.70 bits per heavy atom. The zero-order chi connectivity index (χ0) is 39.8. The SMILES string of the molecule is CCN(c1nc(OC[C@@]23CCCN2C[C@H](F)C3)nc2c(F)c(-c3ccc(F)c4sc(N)c(C#N)c34)c(C(F)(F)F)cc12)[C@@H]1CCN(C(=O)n2ccc(C)n2)[C@@H]1C. The lowest BCUT2D eigenvalue weighted by Gasteiger charge is -2.35. The van der Waals surface area contributed by atoms with E-state index >= 15 is 22.0 Å². The van der Waals surface area contributed by atoms with Crippen molar-refractivity contribution in [1.82, 2.24) is 29.5 Å². The molecule has 4 atom stereocenters. The number of alkyl halides is 4. The number of nitrogens with two attached hydrogens (primary N) is 1. The number of likely N-dealkylation sites (N-methyl/N-ethyl adjacent to an activating group) is 1. The number of hydrogen-bond acceptors (Lipinski definition) is 10. The van der Waals surface area contributed by atoms with E-state index in [4.69, 9.17) is 10.5 Å². The van der Waals surface area contributed by atoms with Gasteiger partial charge in [-0.3, -0.25) is 4.90 Å². The smallest absolute Gasteiger partial charge is 0.417 e. The molecule has 0 radical (unpaired) electrons. The number of nitriles is 1. The fraction of sp³-hybridized carbons (Fsp3) is 0.447. The molecule has 2 N–H and O–H groups in total. The van der Waals surface area contributed by atoms with Crippen molar-refractivity contribution in [2.75, 3.05) is 43.4 Å². The van der Waals surface area contributed by atoms with Crippen molar-refractivity contribution < 1.29 is 35.9 Å². The molecule has 6 heterocycles. The summed E-state index contributed by atoms with van der Waals surface area (Å²) < 4.78 is 100.0. The topological polar surface area (TPSA) is 129 Å². The van der Waals surface area contributed by atoms with Gasteiger partial charge < -0.3 is 20.3 Å². The molecule has 3 saturated heterocycles. The van der Waals surface area contributed by atoms with Crippen molar-refractivity contribution in [1.29, 1.82) is 5.26 Å². The lowest BCUT2D eigenvalue weighted by molar-refractivity contribution is -0.137. The molecule has 8 rings (SSSR count). The Kier molecular flexibility index (Phi) is 9.30. The van der Waals surface area contributed by atoms with E-state index in [2.05, 4.69) is 15.1 Å². The molecule has 294 valence electrons. The predicted octanol–water partition coefficient (Wildman–Crippen LogP) is 7.68. The van der Waals surface area contributed by atoms with Gasteiger partial charge in [-0.15, -0.1) is 11.3 Å². The molecule has 0 unspecified atom stereocenters. The van der Waals surface area contributed by atoms with Crippen LogP contribution in [-0.4, -0.2) is 92.2 Å². The number of fused-ring (bicyclic) bond motifs is 3. The number of ether oxygens (including phenoxy) is 1. The number of carbonyl (C=O) groups is 1. The minimum Gasteiger partial charge on any atom is -0.461 e. The van der Waals surface area contributed by atoms with E-state index in [1.165, 1.54) is 4.68 Å². The summed E-state index contributed by atoms with van der Waals surface area (Å²) in [5, 5.41) is 13.5. The van der Waals surface area contributed by atoms with Crippen molar-refractivity contribution >= 4 is 49.2 Å². The summed E-state index contributed by atoms with van der Waals surface area (Å²) in [4.78, 5) is 27.9. The Morgan fingerprint density at radius 2 is 2.00 bits per heavy atom. The quantitative estimate of drug-likeness (QED) is 0.165. The molecular formula is C38H37F6N9O2S. The van der Waals surface area contributed by atoms with E-state index < -0.39 is 58.2 Å². The van der Waals surface area contributed by atoms with Gasteiger partial charge in [0.05, 0.1) is 39.1 Å². The van der Waals surface area contributed by atoms with E-state index in [1.54, 1.807) is 35.9 Å². The number of halogens is 6. The van der Waals surface area contributed by atoms with Crippen LogP contribution in [0, 0.1) is 29.9 Å². The van der Waals surface area contributed by atoms with Gasteiger partial charge in [-0.1, -0.05) is 6.07 Å². The van der Waals surface area contributed by atoms with E-state index in [0.29, 0.717) is 43.0 Å². The highest BCUT2D eigenvalue weighted by Crippen LogP contribution is 2.49. The third-order valence-corrected chi connectivity index (χ3v) is 12.5. The van der Waals surface area contributed by atoms with Gasteiger partial charge in [-0.05, 0) is 70.3 Å². The number of anilines is 2. The van der Waals surface area contributed by atoms with Gasteiger partial charge in [0.2, 0.25) is 0 Å². The first-order valence-corrected chi connectivity index (χ1v) is 19.1. The van der Waals surface area contributed by atoms with Crippen molar-refractivity contribution in [3.63, 3.8) is 0 Å². The van der Waals surface area contributed by atoms with Crippen molar-refractivity contribution in [2.45, 2.75) is 76.4 Å². The number of rotatable bonds is 7. The van der Waals surface area contributed by atoms with Crippen molar-refractivity contribution in [3.05, 3.63) is 58.9 Å². The minimum absolute atomic E-state index is 0.0384. The van der Waals surface area contributed by atoms with Crippen LogP contribution in [0.5, 0.6) is 6.01 Å². The maximum atomic E-state index is 17.4. The Balaban J connectivity index is 1.31. The van der Waals surface area contributed by atoms with Crippen LogP contribution >= 0.6 is 11.3 Å². The maximum Gasteiger partial charge on any atom is 0.417 e. The summed E-state index contributed by atoms with van der Waals surface area (Å²) in [5.41, 5.74) is 2.48. The number of nitrogen functional groups attached to an aromatic ring is 1. The predicted molar refractivity (Wildman–Crippen MR) is 198 cm³/mol. The second-order valence-electron chi connectivity index (χ2n) is 14.7. The average molecular weight is 798 g/mol. The van der Waals surface area contributed by atoms with E-state index in [-0.39, 0.29) is 75.6 Å². The van der Waals surface area contributed by atoms with Gasteiger partial charge in [0, 0.05) is 48.6 Å². The minimum atomic E-state index is -5.15. The van der Waals surface area contributed by atoms with Crippen LogP contribution in [0.25, 0.3) is 32.1 Å². The highest BCUT2D eigenvalue weighted by Gasteiger charge is 2.50. The number of thiophene rings is 1. The monoisotopic (exact) mass is 797 g/mol. The van der Waals surface area contributed by atoms with Gasteiger partial charge >= 0.3 is 18.2 Å². The van der Waals surface area contributed by atoms with E-state index in [1.807, 2.05) is 17.9 Å². The summed E-state index contributed by atoms with van der Waals surface area (Å²) in [7, 11) is 0. The highest BCUT2D eigenvalue weighted by molar-refractivity contribution is 7.23. The molecule has 3 fully saturated rings. The van der Waals surface area contributed by atoms with Gasteiger partial charge in [0.1, 0.15) is 41.0 Å². The second kappa shape index (κ2) is 13.8. The molecule has 1 amide bonds. The molecule has 0 saturated carbocycles. The maximum absolute atomic E-state index is 17.4. The number of hydrogen-bond donors (Lipinski definition) is 1. The molecule has 0 bridgehead atoms. The van der Waals surface area contributed by atoms with Crippen LogP contribution in [-0.2, 0) is 6.18 Å². The summed E-state index contributed by atoms with van der Waals surface area (Å²) >= 11 is 0.675. The fourth-order valence-corrected chi connectivity index (χ4v) is 9.87. The zero-order valence-corrected chi connectivity index (χ0v) is 31.4. The second-order valence-corrected chi connectivity index (χ2v) is 15.8. The molecule has 56 heavy (non-hydrogen) atoms. The Morgan fingerprint density at radius 1 is 1.21 bits per heavy atom. The van der Waals surface area contributed by atoms with Crippen molar-refractivity contribution in [3.8, 4) is 23.2 Å². The number of aromatic nitrogens is 4. The summed E-state index contributed by atoms with van der Waals surface area (Å²) in [6.07, 6.45) is -2.59. The van der Waals surface area contributed by atoms with Gasteiger partial charge in [-0.25, -0.2) is 18.0 Å². The van der Waals surface area contributed by atoms with Crippen LogP contribution in [0.3, 0.4) is 0 Å². The Hall–Kier alpha value is -5.15. The number of aryl methyl sites for hydroxylation is 1. The van der Waals surface area contributed by atoms with Crippen LogP contribution in [0.4, 0.5) is 42.0 Å². The molecule has 3 aliphatic rings. The average Bonchev–Trinajstić information content (AvgIpc) is 3.97. The highest BCUT2D eigenvalue weighted by atomic mass is 32.1. The Bertz CT molecular complexity index is 2430. The molecule has 5 aromatic rings. The van der Waals surface area contributed by atoms with Gasteiger partial charge in [0.25, 0.3) is 0 Å². The summed E-state index contributed by atoms with van der Waals surface area (Å²) in [5.74, 6) is -2.28. The van der Waals surface area contributed by atoms with E-state index in [0.717, 1.165) is 24.6 Å². The van der Waals surface area contributed by atoms with Crippen LogP contribution in [0.2, 0.25) is 0 Å². The number of carbonyl (C=O) groups excluding carboxylic acids is 1. The molecule has 3 aliphatic heterocycles. The summed E-state index contributed by atoms with van der Waals surface area (Å²) in [6.45, 7) is 6.70. The molecule has 2 aromatic carbocycles. The fourth-order valence-electron chi connectivity index (χ4n) is 8.92. The standard InChI is InChI=1S/C38H37F6N9O2S/c1-4-51(27-9-12-52(20(27)3)36(54)53-13-8-19(2)49-53)34-23-14-25(38(42,43)44)29(22-6-7-26(40)32-28(22)24(16-45)33(46)56-32)30(41)31(23)47-35(48-34)55-18-37-10-5-11-50(37)17-21(39)15-37/h6-8,13-14,20-21,27H,4-5,9-12,15,17-18,46H2,1-3H3/t20-,21-,27-,37+/m1/s1. The third-order valence-electron chi connectivity index (χ3n) is 11.5. The molecule has 11 nitrogen and oxygen atoms in total. The van der Waals surface area contributed by atoms with E-state index in [9.17, 15) is 14.4 Å². The summed E-state index contributed by atoms with van der Waals surface area (Å²) in [6, 6.07) is 4.51. The molecular weight excluding hydrogens is 761 g/mol. The normalized spacial score (nSPS) is 22.6. The number of amides is 1. The third kappa shape index (κ3) is 6.06. The zero-order valence-electron chi connectivity index (χ0n) is 30.6.